The second-order valence-electron chi connectivity index (χ2n) is 4.96. The van der Waals surface area contributed by atoms with Crippen LogP contribution in [0, 0.1) is 5.92 Å². The van der Waals surface area contributed by atoms with Crippen LogP contribution in [0.5, 0.6) is 0 Å². The molecule has 1 fully saturated rings. The fourth-order valence-corrected chi connectivity index (χ4v) is 4.01. The van der Waals surface area contributed by atoms with Crippen molar-refractivity contribution in [1.82, 2.24) is 4.31 Å². The largest absolute Gasteiger partial charge is 0.389 e. The van der Waals surface area contributed by atoms with E-state index in [-0.39, 0.29) is 15.9 Å². The molecule has 0 aliphatic heterocycles. The van der Waals surface area contributed by atoms with Gasteiger partial charge in [-0.1, -0.05) is 30.4 Å². The average Bonchev–Trinajstić information content (AvgIpc) is 3.21. The molecule has 104 valence electrons. The van der Waals surface area contributed by atoms with Gasteiger partial charge in [0, 0.05) is 18.7 Å². The summed E-state index contributed by atoms with van der Waals surface area (Å²) in [5, 5.41) is 0. The van der Waals surface area contributed by atoms with E-state index in [1.807, 2.05) is 6.92 Å². The van der Waals surface area contributed by atoms with Gasteiger partial charge in [0.15, 0.2) is 0 Å². The lowest BCUT2D eigenvalue weighted by Gasteiger charge is -2.25. The molecule has 0 spiro atoms. The van der Waals surface area contributed by atoms with Crippen LogP contribution in [-0.4, -0.2) is 30.8 Å². The minimum atomic E-state index is -3.55. The number of nitrogens with zero attached hydrogens (tertiary/aromatic N) is 1. The lowest BCUT2D eigenvalue weighted by molar-refractivity contribution is 0.357. The maximum Gasteiger partial charge on any atom is 0.243 e. The topological polar surface area (TPSA) is 63.4 Å². The summed E-state index contributed by atoms with van der Waals surface area (Å²) in [6.07, 6.45) is 2.19. The molecule has 0 heterocycles. The van der Waals surface area contributed by atoms with Gasteiger partial charge in [0.05, 0.1) is 4.90 Å². The highest BCUT2D eigenvalue weighted by atomic mass is 32.2. The first-order valence-electron chi connectivity index (χ1n) is 6.22. The minimum absolute atomic E-state index is 0.00408. The van der Waals surface area contributed by atoms with Crippen molar-refractivity contribution in [2.75, 3.05) is 7.05 Å². The first kappa shape index (κ1) is 14.4. The van der Waals surface area contributed by atoms with Crippen molar-refractivity contribution in [2.45, 2.75) is 30.7 Å². The van der Waals surface area contributed by atoms with Gasteiger partial charge in [0.2, 0.25) is 10.0 Å². The molecule has 0 amide bonds. The van der Waals surface area contributed by atoms with Gasteiger partial charge < -0.3 is 5.73 Å². The highest BCUT2D eigenvalue weighted by molar-refractivity contribution is 7.89. The third-order valence-electron chi connectivity index (χ3n) is 3.69. The van der Waals surface area contributed by atoms with Crippen molar-refractivity contribution in [3.8, 4) is 0 Å². The molecule has 0 saturated heterocycles. The van der Waals surface area contributed by atoms with E-state index in [2.05, 4.69) is 0 Å². The summed E-state index contributed by atoms with van der Waals surface area (Å²) in [7, 11) is -1.93. The second-order valence-corrected chi connectivity index (χ2v) is 7.37. The van der Waals surface area contributed by atoms with Crippen molar-refractivity contribution in [2.24, 2.45) is 11.7 Å². The molecule has 1 aliphatic carbocycles. The maximum atomic E-state index is 12.6. The summed E-state index contributed by atoms with van der Waals surface area (Å²) < 4.78 is 26.7. The van der Waals surface area contributed by atoms with Gasteiger partial charge in [0.25, 0.3) is 0 Å². The molecule has 19 heavy (non-hydrogen) atoms. The molecule has 1 unspecified atom stereocenters. The van der Waals surface area contributed by atoms with E-state index in [0.29, 0.717) is 11.5 Å². The zero-order valence-corrected chi connectivity index (χ0v) is 12.7. The van der Waals surface area contributed by atoms with Crippen LogP contribution in [0.2, 0.25) is 0 Å². The van der Waals surface area contributed by atoms with E-state index in [9.17, 15) is 8.42 Å². The van der Waals surface area contributed by atoms with Crippen LogP contribution < -0.4 is 5.73 Å². The van der Waals surface area contributed by atoms with Crippen molar-refractivity contribution >= 4 is 27.2 Å². The summed E-state index contributed by atoms with van der Waals surface area (Å²) in [4.78, 5) is 0.296. The molecule has 1 atom stereocenters. The third kappa shape index (κ3) is 2.80. The number of nitrogens with two attached hydrogens (primary N) is 1. The summed E-state index contributed by atoms with van der Waals surface area (Å²) in [6, 6.07) is 6.62. The molecule has 2 rings (SSSR count). The lowest BCUT2D eigenvalue weighted by atomic mass is 10.2. The molecule has 1 aromatic carbocycles. The van der Waals surface area contributed by atoms with E-state index < -0.39 is 10.0 Å². The quantitative estimate of drug-likeness (QED) is 0.841. The van der Waals surface area contributed by atoms with Crippen LogP contribution in [0.4, 0.5) is 0 Å². The summed E-state index contributed by atoms with van der Waals surface area (Å²) in [6.45, 7) is 1.94. The van der Waals surface area contributed by atoms with Gasteiger partial charge in [-0.3, -0.25) is 0 Å². The van der Waals surface area contributed by atoms with Gasteiger partial charge in [-0.05, 0) is 31.7 Å². The number of sulfonamides is 1. The molecule has 0 radical (unpaired) electrons. The van der Waals surface area contributed by atoms with Gasteiger partial charge >= 0.3 is 0 Å². The predicted octanol–water partition coefficient (Wildman–Crippen LogP) is 1.74. The van der Waals surface area contributed by atoms with Crippen LogP contribution in [0.15, 0.2) is 29.2 Å². The predicted molar refractivity (Wildman–Crippen MR) is 79.5 cm³/mol. The Balaban J connectivity index is 2.41. The van der Waals surface area contributed by atoms with Crippen LogP contribution in [-0.2, 0) is 10.0 Å². The molecule has 1 aromatic rings. The Bertz CT molecular complexity index is 594. The fourth-order valence-electron chi connectivity index (χ4n) is 2.14. The van der Waals surface area contributed by atoms with E-state index >= 15 is 0 Å². The molecular weight excluding hydrogens is 280 g/mol. The fraction of sp³-hybridized carbons (Fsp3) is 0.462. The van der Waals surface area contributed by atoms with Gasteiger partial charge in [-0.15, -0.1) is 0 Å². The van der Waals surface area contributed by atoms with Gasteiger partial charge in [-0.25, -0.2) is 8.42 Å². The second kappa shape index (κ2) is 5.19. The van der Waals surface area contributed by atoms with Crippen molar-refractivity contribution < 1.29 is 8.42 Å². The lowest BCUT2D eigenvalue weighted by Crippen LogP contribution is -2.37. The number of hydrogen-bond donors (Lipinski definition) is 1. The van der Waals surface area contributed by atoms with E-state index in [1.165, 1.54) is 4.31 Å². The van der Waals surface area contributed by atoms with Crippen LogP contribution >= 0.6 is 12.2 Å². The van der Waals surface area contributed by atoms with Crippen molar-refractivity contribution in [3.05, 3.63) is 29.8 Å². The summed E-state index contributed by atoms with van der Waals surface area (Å²) in [5.41, 5.74) is 6.02. The van der Waals surface area contributed by atoms with Gasteiger partial charge in [-0.2, -0.15) is 4.31 Å². The number of thiocarbonyl (C=S) groups is 1. The Hall–Kier alpha value is -0.980. The first-order chi connectivity index (χ1) is 8.85. The highest BCUT2D eigenvalue weighted by Gasteiger charge is 2.36. The molecular formula is C13H18N2O2S2. The molecule has 2 N–H and O–H groups in total. The average molecular weight is 298 g/mol. The number of rotatable bonds is 5. The van der Waals surface area contributed by atoms with Crippen molar-refractivity contribution in [3.63, 3.8) is 0 Å². The summed E-state index contributed by atoms with van der Waals surface area (Å²) >= 11 is 4.93. The summed E-state index contributed by atoms with van der Waals surface area (Å²) in [5.74, 6) is 0.469. The molecule has 1 saturated carbocycles. The smallest absolute Gasteiger partial charge is 0.243 e. The first-order valence-corrected chi connectivity index (χ1v) is 8.07. The Morgan fingerprint density at radius 3 is 2.53 bits per heavy atom. The Kier molecular flexibility index (Phi) is 3.94. The van der Waals surface area contributed by atoms with Crippen LogP contribution in [0.25, 0.3) is 0 Å². The zero-order valence-electron chi connectivity index (χ0n) is 11.0. The number of hydrogen-bond acceptors (Lipinski definition) is 3. The minimum Gasteiger partial charge on any atom is -0.389 e. The Labute approximate surface area is 119 Å². The van der Waals surface area contributed by atoms with Gasteiger partial charge in [0.1, 0.15) is 4.99 Å². The monoisotopic (exact) mass is 298 g/mol. The Morgan fingerprint density at radius 2 is 2.00 bits per heavy atom. The number of benzene rings is 1. The molecule has 0 aromatic heterocycles. The zero-order chi connectivity index (χ0) is 14.2. The van der Waals surface area contributed by atoms with Crippen molar-refractivity contribution in [1.29, 1.82) is 0 Å². The molecule has 0 bridgehead atoms. The van der Waals surface area contributed by atoms with Crippen LogP contribution in [0.1, 0.15) is 25.3 Å². The molecule has 4 nitrogen and oxygen atoms in total. The maximum absolute atomic E-state index is 12.6. The van der Waals surface area contributed by atoms with E-state index in [1.54, 1.807) is 31.3 Å². The standard InChI is InChI=1S/C13H18N2O2S2/c1-9(10-7-8-10)15(2)19(16,17)12-6-4-3-5-11(12)13(14)18/h3-6,9-10H,7-8H2,1-2H3,(H2,14,18). The molecule has 6 heteroatoms. The third-order valence-corrected chi connectivity index (χ3v) is 5.91. The van der Waals surface area contributed by atoms with E-state index in [0.717, 1.165) is 12.8 Å². The van der Waals surface area contributed by atoms with E-state index in [4.69, 9.17) is 18.0 Å². The highest BCUT2D eigenvalue weighted by Crippen LogP contribution is 2.36. The normalized spacial score (nSPS) is 17.4. The van der Waals surface area contributed by atoms with Crippen LogP contribution in [0.3, 0.4) is 0 Å². The molecule has 1 aliphatic rings. The Morgan fingerprint density at radius 1 is 1.42 bits per heavy atom. The SMILES string of the molecule is CC(C1CC1)N(C)S(=O)(=O)c1ccccc1C(N)=S.